The molecule has 2 aromatic rings. The lowest BCUT2D eigenvalue weighted by Crippen LogP contribution is -2.29. The molecule has 4 rings (SSSR count). The van der Waals surface area contributed by atoms with E-state index in [-0.39, 0.29) is 16.9 Å². The number of aromatic nitrogens is 2. The van der Waals surface area contributed by atoms with Crippen molar-refractivity contribution in [1.29, 1.82) is 0 Å². The van der Waals surface area contributed by atoms with Crippen LogP contribution >= 0.6 is 23.1 Å². The normalized spacial score (nSPS) is 20.3. The summed E-state index contributed by atoms with van der Waals surface area (Å²) in [5.74, 6) is 1.12. The molecule has 2 aliphatic rings. The van der Waals surface area contributed by atoms with Crippen molar-refractivity contribution >= 4 is 39.2 Å². The Labute approximate surface area is 167 Å². The third-order valence-corrected chi connectivity index (χ3v) is 7.92. The predicted octanol–water partition coefficient (Wildman–Crippen LogP) is 3.85. The van der Waals surface area contributed by atoms with E-state index in [0.29, 0.717) is 16.8 Å². The number of thiophene rings is 1. The number of carbonyl (C=O) groups excluding carboxylic acids is 1. The van der Waals surface area contributed by atoms with E-state index in [1.165, 1.54) is 22.2 Å². The number of hydrogen-bond donors (Lipinski definition) is 1. The fourth-order valence-corrected chi connectivity index (χ4v) is 6.28. The summed E-state index contributed by atoms with van der Waals surface area (Å²) in [6.45, 7) is 8.61. The van der Waals surface area contributed by atoms with E-state index in [4.69, 9.17) is 0 Å². The van der Waals surface area contributed by atoms with Gasteiger partial charge in [-0.2, -0.15) is 0 Å². The minimum absolute atomic E-state index is 0.0529. The maximum atomic E-state index is 12.7. The summed E-state index contributed by atoms with van der Waals surface area (Å²) in [6.07, 6.45) is 5.31. The van der Waals surface area contributed by atoms with Crippen molar-refractivity contribution < 1.29 is 4.79 Å². The molecule has 0 bridgehead atoms. The second-order valence-electron chi connectivity index (χ2n) is 8.74. The maximum Gasteiger partial charge on any atom is 0.260 e. The molecule has 5 nitrogen and oxygen atoms in total. The number of rotatable bonds is 3. The summed E-state index contributed by atoms with van der Waals surface area (Å²) in [5, 5.41) is 1.34. The third-order valence-electron chi connectivity index (χ3n) is 5.91. The quantitative estimate of drug-likeness (QED) is 0.622. The van der Waals surface area contributed by atoms with E-state index in [0.717, 1.165) is 55.4 Å². The highest BCUT2D eigenvalue weighted by Crippen LogP contribution is 2.42. The summed E-state index contributed by atoms with van der Waals surface area (Å²) in [5.41, 5.74) is 1.43. The van der Waals surface area contributed by atoms with Gasteiger partial charge in [0.15, 0.2) is 5.16 Å². The summed E-state index contributed by atoms with van der Waals surface area (Å²) in [6, 6.07) is 0. The van der Waals surface area contributed by atoms with Gasteiger partial charge in [-0.15, -0.1) is 11.3 Å². The standard InChI is InChI=1S/C20H27N3O2S2/c1-20(2,3)12-6-7-13-14(10-12)27-18-16(13)17(25)21-19(22-18)26-11-15(24)23-8-4-5-9-23/h12H,4-11H2,1-3H3,(H,21,22,25)/t12-/m0/s1. The van der Waals surface area contributed by atoms with E-state index in [2.05, 4.69) is 30.7 Å². The number of likely N-dealkylation sites (tertiary alicyclic amines) is 1. The number of amides is 1. The van der Waals surface area contributed by atoms with Crippen LogP contribution in [0.25, 0.3) is 10.2 Å². The number of H-pyrrole nitrogens is 1. The van der Waals surface area contributed by atoms with Crippen molar-refractivity contribution in [3.8, 4) is 0 Å². The molecular weight excluding hydrogens is 378 g/mol. The summed E-state index contributed by atoms with van der Waals surface area (Å²) >= 11 is 3.01. The lowest BCUT2D eigenvalue weighted by Gasteiger charge is -2.33. The monoisotopic (exact) mass is 405 g/mol. The van der Waals surface area contributed by atoms with Gasteiger partial charge in [0.2, 0.25) is 5.91 Å². The first-order valence-electron chi connectivity index (χ1n) is 9.78. The van der Waals surface area contributed by atoms with Gasteiger partial charge >= 0.3 is 0 Å². The van der Waals surface area contributed by atoms with Gasteiger partial charge in [0.1, 0.15) is 4.83 Å². The van der Waals surface area contributed by atoms with Crippen molar-refractivity contribution in [3.05, 3.63) is 20.8 Å². The van der Waals surface area contributed by atoms with E-state index in [1.54, 1.807) is 11.3 Å². The van der Waals surface area contributed by atoms with Crippen molar-refractivity contribution in [2.24, 2.45) is 11.3 Å². The Balaban J connectivity index is 1.55. The molecule has 1 aliphatic carbocycles. The van der Waals surface area contributed by atoms with Crippen molar-refractivity contribution in [2.75, 3.05) is 18.8 Å². The lowest BCUT2D eigenvalue weighted by molar-refractivity contribution is -0.127. The smallest absolute Gasteiger partial charge is 0.260 e. The molecule has 3 heterocycles. The van der Waals surface area contributed by atoms with E-state index < -0.39 is 0 Å². The largest absolute Gasteiger partial charge is 0.342 e. The fraction of sp³-hybridized carbons (Fsp3) is 0.650. The van der Waals surface area contributed by atoms with Gasteiger partial charge in [0.25, 0.3) is 5.56 Å². The van der Waals surface area contributed by atoms with Crippen LogP contribution in [0.2, 0.25) is 0 Å². The van der Waals surface area contributed by atoms with Crippen LogP contribution in [0.5, 0.6) is 0 Å². The molecule has 0 saturated carbocycles. The fourth-order valence-electron chi connectivity index (χ4n) is 4.16. The molecule has 0 aromatic carbocycles. The van der Waals surface area contributed by atoms with E-state index in [9.17, 15) is 9.59 Å². The second kappa shape index (κ2) is 7.24. The predicted molar refractivity (Wildman–Crippen MR) is 112 cm³/mol. The third kappa shape index (κ3) is 3.81. The van der Waals surface area contributed by atoms with Crippen LogP contribution in [0.1, 0.15) is 50.5 Å². The van der Waals surface area contributed by atoms with Crippen LogP contribution in [-0.2, 0) is 17.6 Å². The highest BCUT2D eigenvalue weighted by atomic mass is 32.2. The Kier molecular flexibility index (Phi) is 5.10. The molecule has 0 unspecified atom stereocenters. The Bertz CT molecular complexity index is 920. The van der Waals surface area contributed by atoms with Gasteiger partial charge in [-0.1, -0.05) is 32.5 Å². The van der Waals surface area contributed by atoms with Crippen molar-refractivity contribution in [3.63, 3.8) is 0 Å². The van der Waals surface area contributed by atoms with Crippen LogP contribution in [0.15, 0.2) is 9.95 Å². The molecule has 146 valence electrons. The lowest BCUT2D eigenvalue weighted by atomic mass is 9.72. The maximum absolute atomic E-state index is 12.7. The topological polar surface area (TPSA) is 66.1 Å². The number of carbonyl (C=O) groups is 1. The Morgan fingerprint density at radius 1 is 1.33 bits per heavy atom. The first-order chi connectivity index (χ1) is 12.8. The Hall–Kier alpha value is -1.34. The zero-order valence-corrected chi connectivity index (χ0v) is 17.9. The number of thioether (sulfide) groups is 1. The van der Waals surface area contributed by atoms with Gasteiger partial charge in [-0.05, 0) is 49.0 Å². The number of aromatic amines is 1. The molecule has 1 amide bonds. The van der Waals surface area contributed by atoms with Crippen molar-refractivity contribution in [1.82, 2.24) is 14.9 Å². The minimum Gasteiger partial charge on any atom is -0.342 e. The molecule has 1 fully saturated rings. The molecule has 2 aromatic heterocycles. The number of nitrogens with one attached hydrogen (secondary N) is 1. The number of nitrogens with zero attached hydrogens (tertiary/aromatic N) is 2. The summed E-state index contributed by atoms with van der Waals surface area (Å²) in [7, 11) is 0. The molecule has 1 saturated heterocycles. The van der Waals surface area contributed by atoms with Gasteiger partial charge < -0.3 is 9.88 Å². The average molecular weight is 406 g/mol. The Morgan fingerprint density at radius 2 is 2.07 bits per heavy atom. The first-order valence-corrected chi connectivity index (χ1v) is 11.6. The van der Waals surface area contributed by atoms with Crippen LogP contribution in [0.4, 0.5) is 0 Å². The van der Waals surface area contributed by atoms with Crippen LogP contribution in [0.3, 0.4) is 0 Å². The van der Waals surface area contributed by atoms with Gasteiger partial charge in [0.05, 0.1) is 11.1 Å². The van der Waals surface area contributed by atoms with Gasteiger partial charge in [-0.3, -0.25) is 9.59 Å². The van der Waals surface area contributed by atoms with Crippen LogP contribution in [-0.4, -0.2) is 39.6 Å². The highest BCUT2D eigenvalue weighted by molar-refractivity contribution is 7.99. The second-order valence-corrected chi connectivity index (χ2v) is 10.8. The number of fused-ring (bicyclic) bond motifs is 3. The van der Waals surface area contributed by atoms with E-state index in [1.807, 2.05) is 4.90 Å². The van der Waals surface area contributed by atoms with Crippen LogP contribution < -0.4 is 5.56 Å². The minimum atomic E-state index is -0.0529. The average Bonchev–Trinajstić information content (AvgIpc) is 3.25. The zero-order valence-electron chi connectivity index (χ0n) is 16.3. The molecule has 0 radical (unpaired) electrons. The zero-order chi connectivity index (χ0) is 19.2. The molecule has 27 heavy (non-hydrogen) atoms. The molecule has 0 spiro atoms. The van der Waals surface area contributed by atoms with Crippen molar-refractivity contribution in [2.45, 2.75) is 58.0 Å². The van der Waals surface area contributed by atoms with Gasteiger partial charge in [-0.25, -0.2) is 4.98 Å². The van der Waals surface area contributed by atoms with Gasteiger partial charge in [0, 0.05) is 18.0 Å². The number of aryl methyl sites for hydroxylation is 1. The Morgan fingerprint density at radius 3 is 2.78 bits per heavy atom. The van der Waals surface area contributed by atoms with E-state index >= 15 is 0 Å². The highest BCUT2D eigenvalue weighted by Gasteiger charge is 2.31. The molecule has 1 atom stereocenters. The molecule has 7 heteroatoms. The number of hydrogen-bond acceptors (Lipinski definition) is 5. The summed E-state index contributed by atoms with van der Waals surface area (Å²) in [4.78, 5) is 36.6. The molecule has 1 N–H and O–H groups in total. The SMILES string of the molecule is CC(C)(C)[C@H]1CCc2c(sc3nc(SCC(=O)N4CCCC4)[nH]c(=O)c23)C1. The molecule has 1 aliphatic heterocycles. The first kappa shape index (κ1) is 19.0. The summed E-state index contributed by atoms with van der Waals surface area (Å²) < 4.78 is 0. The van der Waals surface area contributed by atoms with Crippen LogP contribution in [0, 0.1) is 11.3 Å². The molecular formula is C20H27N3O2S2.